The first kappa shape index (κ1) is 18.0. The van der Waals surface area contributed by atoms with Crippen molar-refractivity contribution < 1.29 is 18.7 Å². The number of ether oxygens (including phenoxy) is 2. The van der Waals surface area contributed by atoms with Crippen LogP contribution in [0.15, 0.2) is 53.1 Å². The summed E-state index contributed by atoms with van der Waals surface area (Å²) in [4.78, 5) is 16.0. The highest BCUT2D eigenvalue weighted by molar-refractivity contribution is 6.30. The number of rotatable bonds is 6. The number of aromatic nitrogens is 1. The molecule has 134 valence electrons. The minimum absolute atomic E-state index is 0.0529. The molecule has 0 saturated carbocycles. The molecule has 0 amide bonds. The lowest BCUT2D eigenvalue weighted by Gasteiger charge is -2.09. The van der Waals surface area contributed by atoms with E-state index < -0.39 is 5.97 Å². The number of carbonyl (C=O) groups excluding carboxylic acids is 1. The summed E-state index contributed by atoms with van der Waals surface area (Å²) >= 11 is 5.86. The second-order valence-corrected chi connectivity index (χ2v) is 6.28. The molecule has 3 rings (SSSR count). The molecule has 0 unspecified atom stereocenters. The van der Waals surface area contributed by atoms with Gasteiger partial charge in [-0.2, -0.15) is 0 Å². The molecule has 0 aliphatic rings. The Morgan fingerprint density at radius 3 is 2.65 bits per heavy atom. The summed E-state index contributed by atoms with van der Waals surface area (Å²) in [7, 11) is 0. The number of carbonyl (C=O) groups is 1. The van der Waals surface area contributed by atoms with Crippen molar-refractivity contribution in [3.05, 3.63) is 70.7 Å². The number of oxazole rings is 1. The minimum Gasteiger partial charge on any atom is -0.482 e. The second kappa shape index (κ2) is 8.06. The van der Waals surface area contributed by atoms with Gasteiger partial charge in [-0.05, 0) is 49.7 Å². The van der Waals surface area contributed by atoms with Crippen molar-refractivity contribution in [2.75, 3.05) is 6.61 Å². The molecule has 0 atom stereocenters. The summed E-state index contributed by atoms with van der Waals surface area (Å²) in [6, 6.07) is 13.0. The Balaban J connectivity index is 1.51. The zero-order valence-corrected chi connectivity index (χ0v) is 15.2. The number of esters is 1. The molecule has 0 N–H and O–H groups in total. The second-order valence-electron chi connectivity index (χ2n) is 5.84. The van der Waals surface area contributed by atoms with E-state index in [0.29, 0.717) is 22.4 Å². The fourth-order valence-electron chi connectivity index (χ4n) is 2.41. The zero-order chi connectivity index (χ0) is 18.5. The standard InChI is InChI=1S/C20H18ClNO4/c1-13-3-8-17(14(2)9-13)24-12-20(23)25-11-19-22-10-18(26-19)15-4-6-16(21)7-5-15/h3-10H,11-12H2,1-2H3. The Morgan fingerprint density at radius 1 is 1.15 bits per heavy atom. The SMILES string of the molecule is Cc1ccc(OCC(=O)OCc2ncc(-c3ccc(Cl)cc3)o2)c(C)c1. The monoisotopic (exact) mass is 371 g/mol. The number of nitrogens with zero attached hydrogens (tertiary/aromatic N) is 1. The Labute approximate surface area is 156 Å². The van der Waals surface area contributed by atoms with Crippen LogP contribution in [0.5, 0.6) is 5.75 Å². The van der Waals surface area contributed by atoms with Crippen LogP contribution >= 0.6 is 11.6 Å². The van der Waals surface area contributed by atoms with Gasteiger partial charge in [0.1, 0.15) is 5.75 Å². The third-order valence-electron chi connectivity index (χ3n) is 3.71. The van der Waals surface area contributed by atoms with Gasteiger partial charge in [0.05, 0.1) is 6.20 Å². The van der Waals surface area contributed by atoms with Crippen LogP contribution in [-0.4, -0.2) is 17.6 Å². The van der Waals surface area contributed by atoms with Crippen molar-refractivity contribution >= 4 is 17.6 Å². The first-order valence-corrected chi connectivity index (χ1v) is 8.45. The average molecular weight is 372 g/mol. The molecule has 0 radical (unpaired) electrons. The van der Waals surface area contributed by atoms with Crippen molar-refractivity contribution in [2.45, 2.75) is 20.5 Å². The molecule has 6 heteroatoms. The van der Waals surface area contributed by atoms with Crippen molar-refractivity contribution in [1.29, 1.82) is 0 Å². The normalized spacial score (nSPS) is 10.6. The fraction of sp³-hybridized carbons (Fsp3) is 0.200. The van der Waals surface area contributed by atoms with Gasteiger partial charge < -0.3 is 13.9 Å². The van der Waals surface area contributed by atoms with E-state index in [-0.39, 0.29) is 13.2 Å². The van der Waals surface area contributed by atoms with Crippen LogP contribution in [-0.2, 0) is 16.1 Å². The quantitative estimate of drug-likeness (QED) is 0.586. The molecule has 5 nitrogen and oxygen atoms in total. The molecule has 0 aliphatic carbocycles. The van der Waals surface area contributed by atoms with Gasteiger partial charge >= 0.3 is 5.97 Å². The van der Waals surface area contributed by atoms with Crippen LogP contribution < -0.4 is 4.74 Å². The molecule has 2 aromatic carbocycles. The van der Waals surface area contributed by atoms with E-state index in [9.17, 15) is 4.79 Å². The lowest BCUT2D eigenvalue weighted by molar-refractivity contribution is -0.148. The molecule has 0 spiro atoms. The van der Waals surface area contributed by atoms with Crippen LogP contribution in [0.2, 0.25) is 5.02 Å². The maximum atomic E-state index is 11.9. The Hall–Kier alpha value is -2.79. The lowest BCUT2D eigenvalue weighted by atomic mass is 10.1. The average Bonchev–Trinajstić information content (AvgIpc) is 3.09. The third kappa shape index (κ3) is 4.64. The molecule has 3 aromatic rings. The van der Waals surface area contributed by atoms with Gasteiger partial charge in [0.2, 0.25) is 5.89 Å². The van der Waals surface area contributed by atoms with Crippen LogP contribution in [0.25, 0.3) is 11.3 Å². The highest BCUT2D eigenvalue weighted by Gasteiger charge is 2.11. The van der Waals surface area contributed by atoms with E-state index in [1.54, 1.807) is 18.3 Å². The summed E-state index contributed by atoms with van der Waals surface area (Å²) in [5.74, 6) is 1.07. The fourth-order valence-corrected chi connectivity index (χ4v) is 2.53. The van der Waals surface area contributed by atoms with E-state index in [4.69, 9.17) is 25.5 Å². The largest absolute Gasteiger partial charge is 0.482 e. The van der Waals surface area contributed by atoms with Crippen LogP contribution in [0, 0.1) is 13.8 Å². The molecule has 26 heavy (non-hydrogen) atoms. The molecule has 0 aliphatic heterocycles. The summed E-state index contributed by atoms with van der Waals surface area (Å²) < 4.78 is 16.2. The maximum absolute atomic E-state index is 11.9. The summed E-state index contributed by atoms with van der Waals surface area (Å²) in [5.41, 5.74) is 2.95. The predicted molar refractivity (Wildman–Crippen MR) is 98.2 cm³/mol. The summed E-state index contributed by atoms with van der Waals surface area (Å²) in [5, 5.41) is 0.645. The van der Waals surface area contributed by atoms with Gasteiger partial charge in [0, 0.05) is 10.6 Å². The minimum atomic E-state index is -0.490. The van der Waals surface area contributed by atoms with Crippen molar-refractivity contribution in [3.8, 4) is 17.1 Å². The van der Waals surface area contributed by atoms with E-state index in [1.165, 1.54) is 0 Å². The van der Waals surface area contributed by atoms with Crippen LogP contribution in [0.3, 0.4) is 0 Å². The first-order chi connectivity index (χ1) is 12.5. The van der Waals surface area contributed by atoms with E-state index in [0.717, 1.165) is 16.7 Å². The van der Waals surface area contributed by atoms with Gasteiger partial charge in [-0.1, -0.05) is 29.3 Å². The van der Waals surface area contributed by atoms with Crippen molar-refractivity contribution in [3.63, 3.8) is 0 Å². The van der Waals surface area contributed by atoms with E-state index in [1.807, 2.05) is 44.2 Å². The number of hydrogen-bond donors (Lipinski definition) is 0. The topological polar surface area (TPSA) is 61.6 Å². The van der Waals surface area contributed by atoms with E-state index in [2.05, 4.69) is 4.98 Å². The Kier molecular flexibility index (Phi) is 5.58. The van der Waals surface area contributed by atoms with Gasteiger partial charge in [-0.25, -0.2) is 9.78 Å². The van der Waals surface area contributed by atoms with Gasteiger partial charge in [-0.15, -0.1) is 0 Å². The number of benzene rings is 2. The molecule has 1 heterocycles. The highest BCUT2D eigenvalue weighted by Crippen LogP contribution is 2.22. The maximum Gasteiger partial charge on any atom is 0.344 e. The highest BCUT2D eigenvalue weighted by atomic mass is 35.5. The van der Waals surface area contributed by atoms with Crippen molar-refractivity contribution in [1.82, 2.24) is 4.98 Å². The Bertz CT molecular complexity index is 902. The summed E-state index contributed by atoms with van der Waals surface area (Å²) in [6.07, 6.45) is 1.58. The van der Waals surface area contributed by atoms with E-state index >= 15 is 0 Å². The molecule has 0 fully saturated rings. The van der Waals surface area contributed by atoms with Crippen LogP contribution in [0.1, 0.15) is 17.0 Å². The molecule has 1 aromatic heterocycles. The van der Waals surface area contributed by atoms with Crippen molar-refractivity contribution in [2.24, 2.45) is 0 Å². The van der Waals surface area contributed by atoms with Gasteiger partial charge in [0.25, 0.3) is 0 Å². The zero-order valence-electron chi connectivity index (χ0n) is 14.5. The Morgan fingerprint density at radius 2 is 1.92 bits per heavy atom. The van der Waals surface area contributed by atoms with Gasteiger partial charge in [-0.3, -0.25) is 0 Å². The van der Waals surface area contributed by atoms with Crippen LogP contribution in [0.4, 0.5) is 0 Å². The molecule has 0 saturated heterocycles. The number of aryl methyl sites for hydroxylation is 2. The van der Waals surface area contributed by atoms with Gasteiger partial charge in [0.15, 0.2) is 19.0 Å². The molecular formula is C20H18ClNO4. The lowest BCUT2D eigenvalue weighted by Crippen LogP contribution is -2.15. The number of halogens is 1. The molecule has 0 bridgehead atoms. The predicted octanol–water partition coefficient (Wildman–Crippen LogP) is 4.73. The first-order valence-electron chi connectivity index (χ1n) is 8.07. The summed E-state index contributed by atoms with van der Waals surface area (Å²) in [6.45, 7) is 3.70. The number of hydrogen-bond acceptors (Lipinski definition) is 5. The molecular weight excluding hydrogens is 354 g/mol. The smallest absolute Gasteiger partial charge is 0.344 e. The third-order valence-corrected chi connectivity index (χ3v) is 3.97.